The normalized spacial score (nSPS) is 14.1. The van der Waals surface area contributed by atoms with Gasteiger partial charge >= 0.3 is 0 Å². The van der Waals surface area contributed by atoms with Gasteiger partial charge in [0.05, 0.1) is 24.3 Å². The first-order valence-electron chi connectivity index (χ1n) is 5.10. The summed E-state index contributed by atoms with van der Waals surface area (Å²) in [6.45, 7) is 0.412. The topological polar surface area (TPSA) is 79.3 Å². The van der Waals surface area contributed by atoms with E-state index in [2.05, 4.69) is 0 Å². The molecule has 1 aromatic carbocycles. The molecule has 3 N–H and O–H groups in total. The third-order valence-electron chi connectivity index (χ3n) is 2.31. The van der Waals surface area contributed by atoms with Gasteiger partial charge in [-0.15, -0.1) is 0 Å². The predicted octanol–water partition coefficient (Wildman–Crippen LogP) is 0.955. The number of hydrogen-bond acceptors (Lipinski definition) is 4. The number of nitriles is 1. The standard InChI is InChI=1S/C12H16N2O2/c1-16-8-11(14)6-12(15)10-4-2-3-9(5-10)7-13/h2-5,11-12,15H,6,8,14H2,1H3. The van der Waals surface area contributed by atoms with Crippen LogP contribution in [-0.4, -0.2) is 24.9 Å². The van der Waals surface area contributed by atoms with Crippen LogP contribution in [0.2, 0.25) is 0 Å². The van der Waals surface area contributed by atoms with Gasteiger partial charge in [0.25, 0.3) is 0 Å². The third-order valence-corrected chi connectivity index (χ3v) is 2.31. The van der Waals surface area contributed by atoms with E-state index in [0.29, 0.717) is 24.2 Å². The lowest BCUT2D eigenvalue weighted by Gasteiger charge is -2.16. The van der Waals surface area contributed by atoms with Crippen LogP contribution in [0, 0.1) is 11.3 Å². The molecular formula is C12H16N2O2. The number of hydrogen-bond donors (Lipinski definition) is 2. The van der Waals surface area contributed by atoms with Crippen molar-refractivity contribution in [3.8, 4) is 6.07 Å². The highest BCUT2D eigenvalue weighted by Gasteiger charge is 2.12. The summed E-state index contributed by atoms with van der Waals surface area (Å²) in [6.07, 6.45) is -0.235. The smallest absolute Gasteiger partial charge is 0.0991 e. The van der Waals surface area contributed by atoms with E-state index in [1.54, 1.807) is 31.4 Å². The summed E-state index contributed by atoms with van der Waals surface area (Å²) in [7, 11) is 1.57. The average Bonchev–Trinajstić information content (AvgIpc) is 2.29. The first-order valence-corrected chi connectivity index (χ1v) is 5.10. The van der Waals surface area contributed by atoms with Gasteiger partial charge in [-0.2, -0.15) is 5.26 Å². The molecule has 0 radical (unpaired) electrons. The summed E-state index contributed by atoms with van der Waals surface area (Å²) < 4.78 is 4.90. The monoisotopic (exact) mass is 220 g/mol. The fourth-order valence-corrected chi connectivity index (χ4v) is 1.52. The number of nitrogens with zero attached hydrogens (tertiary/aromatic N) is 1. The number of methoxy groups -OCH3 is 1. The van der Waals surface area contributed by atoms with Gasteiger partial charge in [-0.1, -0.05) is 12.1 Å². The van der Waals surface area contributed by atoms with Crippen LogP contribution in [0.3, 0.4) is 0 Å². The van der Waals surface area contributed by atoms with Crippen molar-refractivity contribution >= 4 is 0 Å². The Kier molecular flexibility index (Phi) is 4.93. The molecule has 0 bridgehead atoms. The van der Waals surface area contributed by atoms with E-state index in [1.807, 2.05) is 6.07 Å². The molecule has 4 heteroatoms. The van der Waals surface area contributed by atoms with Crippen LogP contribution >= 0.6 is 0 Å². The molecule has 86 valence electrons. The van der Waals surface area contributed by atoms with Crippen molar-refractivity contribution in [1.29, 1.82) is 5.26 Å². The second-order valence-electron chi connectivity index (χ2n) is 3.70. The first-order chi connectivity index (χ1) is 7.67. The SMILES string of the molecule is COCC(N)CC(O)c1cccc(C#N)c1. The van der Waals surface area contributed by atoms with Crippen molar-refractivity contribution in [2.24, 2.45) is 5.73 Å². The van der Waals surface area contributed by atoms with Crippen molar-refractivity contribution in [2.45, 2.75) is 18.6 Å². The lowest BCUT2D eigenvalue weighted by molar-refractivity contribution is 0.122. The molecule has 0 spiro atoms. The number of aliphatic hydroxyl groups is 1. The van der Waals surface area contributed by atoms with Crippen LogP contribution in [0.5, 0.6) is 0 Å². The molecule has 0 aliphatic rings. The summed E-state index contributed by atoms with van der Waals surface area (Å²) in [5.74, 6) is 0. The third kappa shape index (κ3) is 3.63. The molecule has 0 fully saturated rings. The van der Waals surface area contributed by atoms with E-state index in [-0.39, 0.29) is 6.04 Å². The first kappa shape index (κ1) is 12.7. The molecule has 0 aliphatic carbocycles. The number of aliphatic hydroxyl groups excluding tert-OH is 1. The average molecular weight is 220 g/mol. The Hall–Kier alpha value is -1.41. The molecular weight excluding hydrogens is 204 g/mol. The molecule has 0 saturated heterocycles. The minimum atomic E-state index is -0.654. The lowest BCUT2D eigenvalue weighted by Crippen LogP contribution is -2.27. The molecule has 0 aromatic heterocycles. The predicted molar refractivity (Wildman–Crippen MR) is 60.6 cm³/mol. The summed E-state index contributed by atoms with van der Waals surface area (Å²) >= 11 is 0. The van der Waals surface area contributed by atoms with Crippen molar-refractivity contribution < 1.29 is 9.84 Å². The van der Waals surface area contributed by atoms with Gasteiger partial charge in [-0.05, 0) is 24.1 Å². The minimum Gasteiger partial charge on any atom is -0.388 e. The fourth-order valence-electron chi connectivity index (χ4n) is 1.52. The Bertz CT molecular complexity index is 374. The molecule has 2 unspecified atom stereocenters. The van der Waals surface area contributed by atoms with Gasteiger partial charge in [-0.3, -0.25) is 0 Å². The van der Waals surface area contributed by atoms with Crippen molar-refractivity contribution in [1.82, 2.24) is 0 Å². The molecule has 2 atom stereocenters. The maximum atomic E-state index is 9.89. The molecule has 1 aromatic rings. The summed E-state index contributed by atoms with van der Waals surface area (Å²) in [4.78, 5) is 0. The van der Waals surface area contributed by atoms with Crippen molar-refractivity contribution in [2.75, 3.05) is 13.7 Å². The van der Waals surface area contributed by atoms with E-state index < -0.39 is 6.10 Å². The van der Waals surface area contributed by atoms with E-state index >= 15 is 0 Å². The molecule has 0 heterocycles. The second kappa shape index (κ2) is 6.23. The number of ether oxygens (including phenoxy) is 1. The van der Waals surface area contributed by atoms with Gasteiger partial charge in [0.1, 0.15) is 0 Å². The molecule has 16 heavy (non-hydrogen) atoms. The number of rotatable bonds is 5. The zero-order valence-electron chi connectivity index (χ0n) is 9.26. The zero-order valence-corrected chi connectivity index (χ0v) is 9.26. The molecule has 0 amide bonds. The summed E-state index contributed by atoms with van der Waals surface area (Å²) in [5, 5.41) is 18.6. The zero-order chi connectivity index (χ0) is 12.0. The van der Waals surface area contributed by atoms with E-state index in [4.69, 9.17) is 15.7 Å². The van der Waals surface area contributed by atoms with E-state index in [0.717, 1.165) is 0 Å². The highest BCUT2D eigenvalue weighted by molar-refractivity contribution is 5.33. The van der Waals surface area contributed by atoms with Gasteiger partial charge in [-0.25, -0.2) is 0 Å². The van der Waals surface area contributed by atoms with Crippen LogP contribution in [0.15, 0.2) is 24.3 Å². The van der Waals surface area contributed by atoms with Crippen LogP contribution < -0.4 is 5.73 Å². The minimum absolute atomic E-state index is 0.203. The Morgan fingerprint density at radius 3 is 2.94 bits per heavy atom. The second-order valence-corrected chi connectivity index (χ2v) is 3.70. The van der Waals surface area contributed by atoms with E-state index in [1.165, 1.54) is 0 Å². The Balaban J connectivity index is 2.65. The quantitative estimate of drug-likeness (QED) is 0.774. The summed E-state index contributed by atoms with van der Waals surface area (Å²) in [5.41, 5.74) is 7.00. The summed E-state index contributed by atoms with van der Waals surface area (Å²) in [6, 6.07) is 8.73. The van der Waals surface area contributed by atoms with Gasteiger partial charge in [0.2, 0.25) is 0 Å². The number of benzene rings is 1. The Morgan fingerprint density at radius 1 is 1.56 bits per heavy atom. The highest BCUT2D eigenvalue weighted by Crippen LogP contribution is 2.18. The Morgan fingerprint density at radius 2 is 2.31 bits per heavy atom. The highest BCUT2D eigenvalue weighted by atomic mass is 16.5. The van der Waals surface area contributed by atoms with Gasteiger partial charge < -0.3 is 15.6 Å². The molecule has 1 rings (SSSR count). The molecule has 0 aliphatic heterocycles. The largest absolute Gasteiger partial charge is 0.388 e. The molecule has 0 saturated carbocycles. The van der Waals surface area contributed by atoms with Crippen molar-refractivity contribution in [3.05, 3.63) is 35.4 Å². The Labute approximate surface area is 95.3 Å². The van der Waals surface area contributed by atoms with Gasteiger partial charge in [0.15, 0.2) is 0 Å². The van der Waals surface area contributed by atoms with Crippen LogP contribution in [0.1, 0.15) is 23.7 Å². The van der Waals surface area contributed by atoms with Crippen molar-refractivity contribution in [3.63, 3.8) is 0 Å². The molecule has 4 nitrogen and oxygen atoms in total. The van der Waals surface area contributed by atoms with Crippen LogP contribution in [0.4, 0.5) is 0 Å². The lowest BCUT2D eigenvalue weighted by atomic mass is 10.0. The van der Waals surface area contributed by atoms with Gasteiger partial charge in [0, 0.05) is 13.2 Å². The van der Waals surface area contributed by atoms with Crippen LogP contribution in [0.25, 0.3) is 0 Å². The maximum absolute atomic E-state index is 9.89. The fraction of sp³-hybridized carbons (Fsp3) is 0.417. The number of nitrogens with two attached hydrogens (primary N) is 1. The maximum Gasteiger partial charge on any atom is 0.0991 e. The van der Waals surface area contributed by atoms with Crippen LogP contribution in [-0.2, 0) is 4.74 Å². The van der Waals surface area contributed by atoms with E-state index in [9.17, 15) is 5.11 Å².